The number of hydrogen-bond acceptors (Lipinski definition) is 2. The van der Waals surface area contributed by atoms with E-state index in [0.29, 0.717) is 0 Å². The molecule has 1 unspecified atom stereocenters. The van der Waals surface area contributed by atoms with Crippen molar-refractivity contribution in [1.29, 1.82) is 0 Å². The summed E-state index contributed by atoms with van der Waals surface area (Å²) in [5, 5.41) is -1.46. The lowest BCUT2D eigenvalue weighted by molar-refractivity contribution is -0.133. The minimum atomic E-state index is -4.47. The normalized spacial score (nSPS) is 14.8. The minimum absolute atomic E-state index is 0.0771. The van der Waals surface area contributed by atoms with E-state index in [9.17, 15) is 21.6 Å². The lowest BCUT2D eigenvalue weighted by Gasteiger charge is -2.14. The molecule has 0 fully saturated rings. The molecule has 16 heavy (non-hydrogen) atoms. The van der Waals surface area contributed by atoms with Crippen molar-refractivity contribution in [2.45, 2.75) is 29.7 Å². The van der Waals surface area contributed by atoms with E-state index in [2.05, 4.69) is 0 Å². The second-order valence-electron chi connectivity index (χ2n) is 3.49. The van der Waals surface area contributed by atoms with Crippen LogP contribution in [0.1, 0.15) is 13.3 Å². The third kappa shape index (κ3) is 3.23. The smallest absolute Gasteiger partial charge is 0.223 e. The van der Waals surface area contributed by atoms with E-state index in [1.807, 2.05) is 0 Å². The van der Waals surface area contributed by atoms with Crippen LogP contribution in [0.2, 0.25) is 0 Å². The molecule has 2 nitrogen and oxygen atoms in total. The first-order valence-corrected chi connectivity index (χ1v) is 6.14. The van der Waals surface area contributed by atoms with Crippen LogP contribution in [0.15, 0.2) is 35.2 Å². The largest absolute Gasteiger partial charge is 0.390 e. The van der Waals surface area contributed by atoms with Crippen LogP contribution in [0, 0.1) is 0 Å². The van der Waals surface area contributed by atoms with E-state index >= 15 is 0 Å². The van der Waals surface area contributed by atoms with Gasteiger partial charge in [0.25, 0.3) is 0 Å². The van der Waals surface area contributed by atoms with Gasteiger partial charge in [0.1, 0.15) is 0 Å². The average Bonchev–Trinajstić information content (AvgIpc) is 2.16. The molecule has 90 valence electrons. The third-order valence-corrected chi connectivity index (χ3v) is 4.28. The van der Waals surface area contributed by atoms with Crippen LogP contribution in [-0.4, -0.2) is 19.8 Å². The molecule has 0 N–H and O–H groups in total. The third-order valence-electron chi connectivity index (χ3n) is 2.12. The number of alkyl halides is 3. The molecule has 0 saturated heterocycles. The molecule has 0 aliphatic rings. The first-order valence-electron chi connectivity index (χ1n) is 4.59. The van der Waals surface area contributed by atoms with E-state index in [4.69, 9.17) is 0 Å². The topological polar surface area (TPSA) is 34.1 Å². The van der Waals surface area contributed by atoms with Crippen LogP contribution < -0.4 is 0 Å². The van der Waals surface area contributed by atoms with Crippen molar-refractivity contribution in [2.75, 3.05) is 0 Å². The van der Waals surface area contributed by atoms with Gasteiger partial charge in [0.2, 0.25) is 0 Å². The van der Waals surface area contributed by atoms with Gasteiger partial charge in [0.05, 0.1) is 16.6 Å². The van der Waals surface area contributed by atoms with Gasteiger partial charge in [-0.25, -0.2) is 8.42 Å². The van der Waals surface area contributed by atoms with Gasteiger partial charge in [-0.2, -0.15) is 13.2 Å². The van der Waals surface area contributed by atoms with E-state index in [0.717, 1.165) is 6.92 Å². The van der Waals surface area contributed by atoms with Gasteiger partial charge in [0.15, 0.2) is 9.84 Å². The molecule has 1 rings (SSSR count). The van der Waals surface area contributed by atoms with Crippen molar-refractivity contribution in [3.8, 4) is 0 Å². The van der Waals surface area contributed by atoms with E-state index < -0.39 is 27.7 Å². The summed E-state index contributed by atoms with van der Waals surface area (Å²) in [5.41, 5.74) is 0. The summed E-state index contributed by atoms with van der Waals surface area (Å²) in [4.78, 5) is -0.0771. The fourth-order valence-corrected chi connectivity index (χ4v) is 2.69. The van der Waals surface area contributed by atoms with Gasteiger partial charge in [-0.15, -0.1) is 0 Å². The lowest BCUT2D eigenvalue weighted by Crippen LogP contribution is -2.25. The first kappa shape index (κ1) is 13.0. The highest BCUT2D eigenvalue weighted by atomic mass is 32.2. The molecular weight excluding hydrogens is 241 g/mol. The first-order chi connectivity index (χ1) is 7.23. The fraction of sp³-hybridized carbons (Fsp3) is 0.400. The van der Waals surface area contributed by atoms with Crippen LogP contribution in [0.25, 0.3) is 0 Å². The van der Waals surface area contributed by atoms with E-state index in [-0.39, 0.29) is 4.90 Å². The Labute approximate surface area is 92.0 Å². The number of sulfone groups is 1. The highest BCUT2D eigenvalue weighted by Gasteiger charge is 2.36. The number of halogens is 3. The van der Waals surface area contributed by atoms with Crippen LogP contribution in [-0.2, 0) is 9.84 Å². The average molecular weight is 252 g/mol. The Bertz CT molecular complexity index is 437. The fourth-order valence-electron chi connectivity index (χ4n) is 1.28. The number of hydrogen-bond donors (Lipinski definition) is 0. The molecular formula is C10H11F3O2S. The molecule has 6 heteroatoms. The zero-order valence-corrected chi connectivity index (χ0v) is 9.35. The Morgan fingerprint density at radius 1 is 1.19 bits per heavy atom. The maximum Gasteiger partial charge on any atom is 0.390 e. The van der Waals surface area contributed by atoms with Gasteiger partial charge in [-0.3, -0.25) is 0 Å². The van der Waals surface area contributed by atoms with Gasteiger partial charge in [-0.05, 0) is 19.1 Å². The molecule has 0 spiro atoms. The molecule has 0 saturated carbocycles. The quantitative estimate of drug-likeness (QED) is 0.829. The van der Waals surface area contributed by atoms with E-state index in [1.165, 1.54) is 24.3 Å². The Kier molecular flexibility index (Phi) is 3.62. The van der Waals surface area contributed by atoms with Crippen molar-refractivity contribution >= 4 is 9.84 Å². The molecule has 1 aromatic carbocycles. The predicted molar refractivity (Wildman–Crippen MR) is 53.8 cm³/mol. The minimum Gasteiger partial charge on any atom is -0.223 e. The van der Waals surface area contributed by atoms with Crippen molar-refractivity contribution in [2.24, 2.45) is 0 Å². The summed E-state index contributed by atoms with van der Waals surface area (Å²) in [5.74, 6) is 0. The monoisotopic (exact) mass is 252 g/mol. The zero-order chi connectivity index (χ0) is 12.4. The standard InChI is InChI=1S/C10H11F3O2S/c1-8(7-10(11,12)13)16(14,15)9-5-3-2-4-6-9/h2-6,8H,7H2,1H3. The van der Waals surface area contributed by atoms with Crippen LogP contribution in [0.5, 0.6) is 0 Å². The number of rotatable bonds is 3. The van der Waals surface area contributed by atoms with Crippen molar-refractivity contribution in [1.82, 2.24) is 0 Å². The van der Waals surface area contributed by atoms with Crippen molar-refractivity contribution in [3.63, 3.8) is 0 Å². The Morgan fingerprint density at radius 2 is 1.69 bits per heavy atom. The Balaban J connectivity index is 2.96. The predicted octanol–water partition coefficient (Wildman–Crippen LogP) is 2.80. The summed E-state index contributed by atoms with van der Waals surface area (Å²) >= 11 is 0. The molecule has 1 aromatic rings. The molecule has 0 aromatic heterocycles. The maximum atomic E-state index is 12.1. The summed E-state index contributed by atoms with van der Waals surface area (Å²) < 4.78 is 59.7. The molecule has 0 bridgehead atoms. The van der Waals surface area contributed by atoms with Crippen LogP contribution in [0.4, 0.5) is 13.2 Å². The molecule has 0 radical (unpaired) electrons. The second-order valence-corrected chi connectivity index (χ2v) is 5.85. The van der Waals surface area contributed by atoms with Gasteiger partial charge in [-0.1, -0.05) is 18.2 Å². The number of benzene rings is 1. The lowest BCUT2D eigenvalue weighted by atomic mass is 10.3. The summed E-state index contributed by atoms with van der Waals surface area (Å²) in [6.45, 7) is 1.07. The summed E-state index contributed by atoms with van der Waals surface area (Å²) in [6.07, 6.45) is -5.80. The summed E-state index contributed by atoms with van der Waals surface area (Å²) in [6, 6.07) is 7.15. The molecule has 0 aliphatic carbocycles. The van der Waals surface area contributed by atoms with E-state index in [1.54, 1.807) is 6.07 Å². The van der Waals surface area contributed by atoms with Crippen LogP contribution in [0.3, 0.4) is 0 Å². The molecule has 0 heterocycles. The maximum absolute atomic E-state index is 12.1. The SMILES string of the molecule is CC(CC(F)(F)F)S(=O)(=O)c1ccccc1. The highest BCUT2D eigenvalue weighted by molar-refractivity contribution is 7.92. The molecule has 0 aliphatic heterocycles. The second kappa shape index (κ2) is 4.45. The van der Waals surface area contributed by atoms with Gasteiger partial charge >= 0.3 is 6.18 Å². The van der Waals surface area contributed by atoms with Gasteiger partial charge < -0.3 is 0 Å². The Hall–Kier alpha value is -1.04. The summed E-state index contributed by atoms with van der Waals surface area (Å²) in [7, 11) is -3.89. The van der Waals surface area contributed by atoms with Crippen LogP contribution >= 0.6 is 0 Å². The van der Waals surface area contributed by atoms with Crippen molar-refractivity contribution < 1.29 is 21.6 Å². The van der Waals surface area contributed by atoms with Gasteiger partial charge in [0, 0.05) is 0 Å². The highest BCUT2D eigenvalue weighted by Crippen LogP contribution is 2.27. The molecule has 0 amide bonds. The molecule has 1 atom stereocenters. The Morgan fingerprint density at radius 3 is 2.12 bits per heavy atom. The zero-order valence-electron chi connectivity index (χ0n) is 8.53. The van der Waals surface area contributed by atoms with Crippen molar-refractivity contribution in [3.05, 3.63) is 30.3 Å².